The number of rotatable bonds is 5. The number of halogens is 2. The fourth-order valence-electron chi connectivity index (χ4n) is 1.38. The Kier molecular flexibility index (Phi) is 4.84. The minimum absolute atomic E-state index is 0.0737. The molecule has 0 radical (unpaired) electrons. The second kappa shape index (κ2) is 6.15. The van der Waals surface area contributed by atoms with Crippen LogP contribution in [0.2, 0.25) is 0 Å². The molecule has 0 aliphatic heterocycles. The normalized spacial score (nSPS) is 13.7. The molecule has 1 aromatic carbocycles. The van der Waals surface area contributed by atoms with Gasteiger partial charge >= 0.3 is 0 Å². The Bertz CT molecular complexity index is 410. The summed E-state index contributed by atoms with van der Waals surface area (Å²) in [5.41, 5.74) is 5.70. The van der Waals surface area contributed by atoms with E-state index in [2.05, 4.69) is 10.5 Å². The molecule has 0 amide bonds. The lowest BCUT2D eigenvalue weighted by Gasteiger charge is -2.13. The van der Waals surface area contributed by atoms with Gasteiger partial charge in [-0.25, -0.2) is 8.78 Å². The molecular weight excluding hydrogens is 228 g/mol. The van der Waals surface area contributed by atoms with Crippen molar-refractivity contribution in [2.75, 3.05) is 0 Å². The van der Waals surface area contributed by atoms with Gasteiger partial charge in [-0.3, -0.25) is 0 Å². The van der Waals surface area contributed by atoms with E-state index in [-0.39, 0.29) is 18.4 Å². The molecule has 0 saturated carbocycles. The number of nitrogens with one attached hydrogen (secondary N) is 1. The summed E-state index contributed by atoms with van der Waals surface area (Å²) >= 11 is 0. The third-order valence-corrected chi connectivity index (χ3v) is 2.30. The van der Waals surface area contributed by atoms with Crippen molar-refractivity contribution < 1.29 is 14.0 Å². The average Bonchev–Trinajstić information content (AvgIpc) is 2.27. The summed E-state index contributed by atoms with van der Waals surface area (Å²) in [4.78, 5) is 0. The third kappa shape index (κ3) is 4.36. The lowest BCUT2D eigenvalue weighted by Crippen LogP contribution is -2.31. The molecule has 6 heteroatoms. The highest BCUT2D eigenvalue weighted by Gasteiger charge is 2.07. The quantitative estimate of drug-likeness (QED) is 0.318. The number of amidine groups is 1. The van der Waals surface area contributed by atoms with E-state index in [4.69, 9.17) is 10.9 Å². The zero-order valence-corrected chi connectivity index (χ0v) is 9.45. The van der Waals surface area contributed by atoms with Crippen molar-refractivity contribution in [3.8, 4) is 0 Å². The summed E-state index contributed by atoms with van der Waals surface area (Å²) in [6.07, 6.45) is 0.347. The fourth-order valence-corrected chi connectivity index (χ4v) is 1.38. The maximum Gasteiger partial charge on any atom is 0.140 e. The second-order valence-electron chi connectivity index (χ2n) is 3.81. The predicted octanol–water partition coefficient (Wildman–Crippen LogP) is 1.58. The Balaban J connectivity index is 2.50. The molecule has 0 aromatic heterocycles. The molecule has 4 N–H and O–H groups in total. The smallest absolute Gasteiger partial charge is 0.140 e. The zero-order valence-electron chi connectivity index (χ0n) is 9.45. The van der Waals surface area contributed by atoms with Gasteiger partial charge in [0.05, 0.1) is 0 Å². The van der Waals surface area contributed by atoms with Crippen LogP contribution in [0.5, 0.6) is 0 Å². The highest BCUT2D eigenvalue weighted by atomic mass is 19.1. The summed E-state index contributed by atoms with van der Waals surface area (Å²) < 4.78 is 25.9. The van der Waals surface area contributed by atoms with Gasteiger partial charge in [0.15, 0.2) is 0 Å². The van der Waals surface area contributed by atoms with Crippen LogP contribution in [-0.2, 0) is 6.54 Å². The van der Waals surface area contributed by atoms with E-state index in [0.29, 0.717) is 12.0 Å². The SMILES string of the molecule is CC(CC(N)=NO)NCc1ccc(F)cc1F. The van der Waals surface area contributed by atoms with Crippen LogP contribution in [0.3, 0.4) is 0 Å². The first-order chi connectivity index (χ1) is 8.02. The van der Waals surface area contributed by atoms with Crippen molar-refractivity contribution in [1.29, 1.82) is 0 Å². The molecule has 0 aliphatic rings. The number of nitrogens with two attached hydrogens (primary N) is 1. The molecule has 0 fully saturated rings. The van der Waals surface area contributed by atoms with E-state index in [1.54, 1.807) is 0 Å². The highest BCUT2D eigenvalue weighted by Crippen LogP contribution is 2.09. The maximum absolute atomic E-state index is 13.3. The predicted molar refractivity (Wildman–Crippen MR) is 60.7 cm³/mol. The monoisotopic (exact) mass is 243 g/mol. The topological polar surface area (TPSA) is 70.6 Å². The average molecular weight is 243 g/mol. The molecule has 1 unspecified atom stereocenters. The fraction of sp³-hybridized carbons (Fsp3) is 0.364. The number of oxime groups is 1. The van der Waals surface area contributed by atoms with Crippen molar-refractivity contribution in [2.45, 2.75) is 25.9 Å². The van der Waals surface area contributed by atoms with Crippen LogP contribution in [0, 0.1) is 11.6 Å². The molecule has 0 saturated heterocycles. The van der Waals surface area contributed by atoms with Crippen molar-refractivity contribution in [1.82, 2.24) is 5.32 Å². The third-order valence-electron chi connectivity index (χ3n) is 2.30. The Morgan fingerprint density at radius 2 is 2.24 bits per heavy atom. The van der Waals surface area contributed by atoms with Crippen molar-refractivity contribution in [3.63, 3.8) is 0 Å². The van der Waals surface area contributed by atoms with Gasteiger partial charge in [0.25, 0.3) is 0 Å². The van der Waals surface area contributed by atoms with Crippen LogP contribution in [0.4, 0.5) is 8.78 Å². The molecule has 0 heterocycles. The number of benzene rings is 1. The van der Waals surface area contributed by atoms with Gasteiger partial charge in [0, 0.05) is 30.6 Å². The van der Waals surface area contributed by atoms with E-state index in [9.17, 15) is 8.78 Å². The van der Waals surface area contributed by atoms with Crippen LogP contribution in [0.15, 0.2) is 23.4 Å². The lowest BCUT2D eigenvalue weighted by molar-refractivity contribution is 0.315. The summed E-state index contributed by atoms with van der Waals surface area (Å²) in [6.45, 7) is 2.07. The lowest BCUT2D eigenvalue weighted by atomic mass is 10.1. The van der Waals surface area contributed by atoms with Gasteiger partial charge in [-0.2, -0.15) is 0 Å². The molecule has 94 valence electrons. The van der Waals surface area contributed by atoms with Crippen molar-refractivity contribution in [2.24, 2.45) is 10.9 Å². The van der Waals surface area contributed by atoms with Gasteiger partial charge in [-0.1, -0.05) is 11.2 Å². The Morgan fingerprint density at radius 1 is 1.53 bits per heavy atom. The minimum atomic E-state index is -0.601. The largest absolute Gasteiger partial charge is 0.409 e. The van der Waals surface area contributed by atoms with E-state index in [1.165, 1.54) is 12.1 Å². The zero-order chi connectivity index (χ0) is 12.8. The van der Waals surface area contributed by atoms with Crippen LogP contribution in [0.1, 0.15) is 18.9 Å². The first kappa shape index (κ1) is 13.4. The van der Waals surface area contributed by atoms with Crippen LogP contribution in [-0.4, -0.2) is 17.1 Å². The Morgan fingerprint density at radius 3 is 2.82 bits per heavy atom. The first-order valence-electron chi connectivity index (χ1n) is 5.16. The van der Waals surface area contributed by atoms with Crippen molar-refractivity contribution >= 4 is 5.84 Å². The van der Waals surface area contributed by atoms with Crippen LogP contribution >= 0.6 is 0 Å². The number of hydrogen-bond acceptors (Lipinski definition) is 3. The van der Waals surface area contributed by atoms with Gasteiger partial charge < -0.3 is 16.3 Å². The van der Waals surface area contributed by atoms with Gasteiger partial charge in [-0.05, 0) is 13.0 Å². The second-order valence-corrected chi connectivity index (χ2v) is 3.81. The van der Waals surface area contributed by atoms with Gasteiger partial charge in [-0.15, -0.1) is 0 Å². The number of nitrogens with zero attached hydrogens (tertiary/aromatic N) is 1. The van der Waals surface area contributed by atoms with E-state index in [1.807, 2.05) is 6.92 Å². The molecule has 1 atom stereocenters. The van der Waals surface area contributed by atoms with E-state index >= 15 is 0 Å². The summed E-state index contributed by atoms with van der Waals surface area (Å²) in [5.74, 6) is -1.09. The molecule has 4 nitrogen and oxygen atoms in total. The molecule has 1 rings (SSSR count). The summed E-state index contributed by atoms with van der Waals surface area (Å²) in [7, 11) is 0. The molecule has 1 aromatic rings. The molecular formula is C11H15F2N3O. The Hall–Kier alpha value is -1.69. The molecule has 0 spiro atoms. The summed E-state index contributed by atoms with van der Waals surface area (Å²) in [5, 5.41) is 14.2. The molecule has 17 heavy (non-hydrogen) atoms. The first-order valence-corrected chi connectivity index (χ1v) is 5.16. The maximum atomic E-state index is 13.3. The molecule has 0 aliphatic carbocycles. The highest BCUT2D eigenvalue weighted by molar-refractivity contribution is 5.80. The van der Waals surface area contributed by atoms with E-state index < -0.39 is 11.6 Å². The number of hydrogen-bond donors (Lipinski definition) is 3. The molecule has 0 bridgehead atoms. The summed E-state index contributed by atoms with van der Waals surface area (Å²) in [6, 6.07) is 3.35. The van der Waals surface area contributed by atoms with Crippen LogP contribution in [0.25, 0.3) is 0 Å². The minimum Gasteiger partial charge on any atom is -0.409 e. The van der Waals surface area contributed by atoms with E-state index in [0.717, 1.165) is 6.07 Å². The van der Waals surface area contributed by atoms with Crippen molar-refractivity contribution in [3.05, 3.63) is 35.4 Å². The Labute approximate surface area is 98.1 Å². The van der Waals surface area contributed by atoms with Crippen LogP contribution < -0.4 is 11.1 Å². The van der Waals surface area contributed by atoms with Gasteiger partial charge in [0.2, 0.25) is 0 Å². The standard InChI is InChI=1S/C11H15F2N3O/c1-7(4-11(14)16-17)15-6-8-2-3-9(12)5-10(8)13/h2-3,5,7,15,17H,4,6H2,1H3,(H2,14,16). The van der Waals surface area contributed by atoms with Gasteiger partial charge in [0.1, 0.15) is 17.5 Å².